The molecule has 0 radical (unpaired) electrons. The maximum atomic E-state index is 12.4. The van der Waals surface area contributed by atoms with E-state index in [2.05, 4.69) is 24.4 Å². The van der Waals surface area contributed by atoms with Crippen LogP contribution in [0.5, 0.6) is 0 Å². The van der Waals surface area contributed by atoms with Gasteiger partial charge in [0.05, 0.1) is 19.3 Å². The summed E-state index contributed by atoms with van der Waals surface area (Å²) in [6.45, 7) is 10.1. The third-order valence-corrected chi connectivity index (χ3v) is 3.81. The predicted molar refractivity (Wildman–Crippen MR) is 90.4 cm³/mol. The first-order valence-electron chi connectivity index (χ1n) is 8.22. The van der Waals surface area contributed by atoms with Crippen LogP contribution in [0.4, 0.5) is 4.79 Å². The molecule has 5 heteroatoms. The second kappa shape index (κ2) is 7.79. The van der Waals surface area contributed by atoms with Crippen LogP contribution in [-0.4, -0.2) is 48.9 Å². The summed E-state index contributed by atoms with van der Waals surface area (Å²) in [6, 6.07) is 10.5. The van der Waals surface area contributed by atoms with Crippen molar-refractivity contribution in [3.8, 4) is 0 Å². The fraction of sp³-hybridized carbons (Fsp3) is 0.611. The lowest BCUT2D eigenvalue weighted by atomic mass is 10.1. The number of morpholine rings is 1. The van der Waals surface area contributed by atoms with E-state index in [1.807, 2.05) is 39.0 Å². The van der Waals surface area contributed by atoms with Gasteiger partial charge in [0.1, 0.15) is 5.60 Å². The van der Waals surface area contributed by atoms with E-state index in [-0.39, 0.29) is 18.2 Å². The molecule has 5 nitrogen and oxygen atoms in total. The molecule has 2 unspecified atom stereocenters. The molecule has 1 heterocycles. The summed E-state index contributed by atoms with van der Waals surface area (Å²) in [5.41, 5.74) is 0.748. The number of nitrogens with zero attached hydrogens (tertiary/aromatic N) is 1. The number of carbonyl (C=O) groups is 1. The average Bonchev–Trinajstić information content (AvgIpc) is 2.52. The molecular formula is C18H28N2O3. The van der Waals surface area contributed by atoms with Gasteiger partial charge in [0, 0.05) is 19.1 Å². The Balaban J connectivity index is 1.92. The maximum absolute atomic E-state index is 12.4. The highest BCUT2D eigenvalue weighted by atomic mass is 16.6. The van der Waals surface area contributed by atoms with Crippen LogP contribution in [0.3, 0.4) is 0 Å². The van der Waals surface area contributed by atoms with Crippen molar-refractivity contribution in [3.05, 3.63) is 35.9 Å². The van der Waals surface area contributed by atoms with Gasteiger partial charge in [-0.05, 0) is 33.3 Å². The van der Waals surface area contributed by atoms with Crippen LogP contribution < -0.4 is 5.32 Å². The smallest absolute Gasteiger partial charge is 0.410 e. The van der Waals surface area contributed by atoms with E-state index in [1.54, 1.807) is 4.90 Å². The molecule has 1 saturated heterocycles. The summed E-state index contributed by atoms with van der Waals surface area (Å²) in [5.74, 6) is 0. The van der Waals surface area contributed by atoms with Gasteiger partial charge in [-0.3, -0.25) is 4.90 Å². The van der Waals surface area contributed by atoms with Crippen LogP contribution in [-0.2, 0) is 9.47 Å². The van der Waals surface area contributed by atoms with E-state index < -0.39 is 5.60 Å². The zero-order valence-electron chi connectivity index (χ0n) is 14.5. The second-order valence-electron chi connectivity index (χ2n) is 6.94. The molecule has 0 spiro atoms. The van der Waals surface area contributed by atoms with Crippen molar-refractivity contribution in [2.75, 3.05) is 26.3 Å². The molecule has 1 aromatic carbocycles. The van der Waals surface area contributed by atoms with Crippen molar-refractivity contribution >= 4 is 6.09 Å². The molecule has 1 aliphatic rings. The highest BCUT2D eigenvalue weighted by Crippen LogP contribution is 2.16. The third kappa shape index (κ3) is 5.52. The SMILES string of the molecule is CC(NCC1COCCN1C(=O)OC(C)(C)C)c1ccccc1. The zero-order valence-corrected chi connectivity index (χ0v) is 14.5. The lowest BCUT2D eigenvalue weighted by molar-refractivity contribution is -0.0321. The molecule has 1 fully saturated rings. The summed E-state index contributed by atoms with van der Waals surface area (Å²) in [6.07, 6.45) is -0.264. The van der Waals surface area contributed by atoms with Crippen molar-refractivity contribution in [2.45, 2.75) is 45.4 Å². The summed E-state index contributed by atoms with van der Waals surface area (Å²) < 4.78 is 11.0. The van der Waals surface area contributed by atoms with Gasteiger partial charge in [-0.25, -0.2) is 4.79 Å². The van der Waals surface area contributed by atoms with Gasteiger partial charge < -0.3 is 14.8 Å². The fourth-order valence-corrected chi connectivity index (χ4v) is 2.56. The van der Waals surface area contributed by atoms with Gasteiger partial charge in [-0.1, -0.05) is 30.3 Å². The van der Waals surface area contributed by atoms with Gasteiger partial charge >= 0.3 is 6.09 Å². The number of hydrogen-bond donors (Lipinski definition) is 1. The third-order valence-electron chi connectivity index (χ3n) is 3.81. The largest absolute Gasteiger partial charge is 0.444 e. The summed E-state index contributed by atoms with van der Waals surface area (Å²) in [7, 11) is 0. The van der Waals surface area contributed by atoms with Crippen molar-refractivity contribution in [1.29, 1.82) is 0 Å². The van der Waals surface area contributed by atoms with E-state index in [0.717, 1.165) is 0 Å². The Morgan fingerprint density at radius 2 is 2.09 bits per heavy atom. The molecule has 0 bridgehead atoms. The molecule has 128 valence electrons. The highest BCUT2D eigenvalue weighted by molar-refractivity contribution is 5.68. The number of amides is 1. The van der Waals surface area contributed by atoms with Crippen LogP contribution >= 0.6 is 0 Å². The minimum absolute atomic E-state index is 0.00948. The van der Waals surface area contributed by atoms with Gasteiger partial charge in [0.25, 0.3) is 0 Å². The standard InChI is InChI=1S/C18H28N2O3/c1-14(15-8-6-5-7-9-15)19-12-16-13-22-11-10-20(16)17(21)23-18(2,3)4/h5-9,14,16,19H,10-13H2,1-4H3. The number of carbonyl (C=O) groups excluding carboxylic acids is 1. The molecule has 1 N–H and O–H groups in total. The molecule has 23 heavy (non-hydrogen) atoms. The molecular weight excluding hydrogens is 292 g/mol. The van der Waals surface area contributed by atoms with Gasteiger partial charge in [-0.2, -0.15) is 0 Å². The topological polar surface area (TPSA) is 50.8 Å². The van der Waals surface area contributed by atoms with Crippen molar-refractivity contribution in [3.63, 3.8) is 0 Å². The minimum atomic E-state index is -0.481. The normalized spacial score (nSPS) is 20.2. The van der Waals surface area contributed by atoms with Crippen LogP contribution in [0.25, 0.3) is 0 Å². The number of benzene rings is 1. The molecule has 1 aromatic rings. The molecule has 2 atom stereocenters. The Labute approximate surface area is 139 Å². The van der Waals surface area contributed by atoms with Crippen LogP contribution in [0.15, 0.2) is 30.3 Å². The van der Waals surface area contributed by atoms with E-state index >= 15 is 0 Å². The average molecular weight is 320 g/mol. The van der Waals surface area contributed by atoms with Crippen LogP contribution in [0.2, 0.25) is 0 Å². The highest BCUT2D eigenvalue weighted by Gasteiger charge is 2.31. The Kier molecular flexibility index (Phi) is 6.02. The number of ether oxygens (including phenoxy) is 2. The Morgan fingerprint density at radius 3 is 2.74 bits per heavy atom. The Bertz CT molecular complexity index is 499. The van der Waals surface area contributed by atoms with Crippen molar-refractivity contribution in [2.24, 2.45) is 0 Å². The van der Waals surface area contributed by atoms with Gasteiger partial charge in [0.2, 0.25) is 0 Å². The zero-order chi connectivity index (χ0) is 16.9. The van der Waals surface area contributed by atoms with E-state index in [1.165, 1.54) is 5.56 Å². The van der Waals surface area contributed by atoms with Crippen molar-refractivity contribution < 1.29 is 14.3 Å². The number of rotatable bonds is 4. The first kappa shape index (κ1) is 17.8. The quantitative estimate of drug-likeness (QED) is 0.926. The monoisotopic (exact) mass is 320 g/mol. The molecule has 2 rings (SSSR count). The minimum Gasteiger partial charge on any atom is -0.444 e. The summed E-state index contributed by atoms with van der Waals surface area (Å²) in [4.78, 5) is 14.1. The molecule has 0 aromatic heterocycles. The van der Waals surface area contributed by atoms with E-state index in [9.17, 15) is 4.79 Å². The Morgan fingerprint density at radius 1 is 1.39 bits per heavy atom. The lowest BCUT2D eigenvalue weighted by Gasteiger charge is -2.37. The molecule has 1 amide bonds. The predicted octanol–water partition coefficient (Wildman–Crippen LogP) is 2.97. The van der Waals surface area contributed by atoms with Gasteiger partial charge in [0.15, 0.2) is 0 Å². The first-order chi connectivity index (χ1) is 10.9. The van der Waals surface area contributed by atoms with Crippen molar-refractivity contribution in [1.82, 2.24) is 10.2 Å². The Hall–Kier alpha value is -1.59. The first-order valence-corrected chi connectivity index (χ1v) is 8.22. The molecule has 0 saturated carbocycles. The number of nitrogens with one attached hydrogen (secondary N) is 1. The summed E-state index contributed by atoms with van der Waals surface area (Å²) in [5, 5.41) is 3.49. The molecule has 0 aliphatic carbocycles. The van der Waals surface area contributed by atoms with Crippen LogP contribution in [0, 0.1) is 0 Å². The van der Waals surface area contributed by atoms with E-state index in [0.29, 0.717) is 26.3 Å². The molecule has 1 aliphatic heterocycles. The van der Waals surface area contributed by atoms with Crippen LogP contribution in [0.1, 0.15) is 39.3 Å². The maximum Gasteiger partial charge on any atom is 0.410 e. The lowest BCUT2D eigenvalue weighted by Crippen LogP contribution is -2.54. The van der Waals surface area contributed by atoms with E-state index in [4.69, 9.17) is 9.47 Å². The second-order valence-corrected chi connectivity index (χ2v) is 6.94. The fourth-order valence-electron chi connectivity index (χ4n) is 2.56. The van der Waals surface area contributed by atoms with Gasteiger partial charge in [-0.15, -0.1) is 0 Å². The number of hydrogen-bond acceptors (Lipinski definition) is 4. The summed E-state index contributed by atoms with van der Waals surface area (Å²) >= 11 is 0.